The maximum absolute atomic E-state index is 13.2. The molecule has 140 valence electrons. The number of carbonyl (C=O) groups excluding carboxylic acids is 1. The van der Waals surface area contributed by atoms with E-state index in [1.54, 1.807) is 24.1 Å². The van der Waals surface area contributed by atoms with Crippen LogP contribution in [-0.4, -0.2) is 34.5 Å². The highest BCUT2D eigenvalue weighted by molar-refractivity contribution is 5.92. The van der Waals surface area contributed by atoms with E-state index in [0.29, 0.717) is 23.9 Å². The molecular weight excluding hydrogens is 347 g/mol. The maximum atomic E-state index is 13.2. The van der Waals surface area contributed by atoms with E-state index in [1.807, 2.05) is 24.3 Å². The summed E-state index contributed by atoms with van der Waals surface area (Å²) in [5.74, 6) is 0.292. The van der Waals surface area contributed by atoms with Gasteiger partial charge >= 0.3 is 0 Å². The molecule has 1 N–H and O–H groups in total. The number of aromatic nitrogens is 2. The van der Waals surface area contributed by atoms with Gasteiger partial charge < -0.3 is 9.84 Å². The van der Waals surface area contributed by atoms with Crippen molar-refractivity contribution in [3.63, 3.8) is 0 Å². The molecule has 27 heavy (non-hydrogen) atoms. The largest absolute Gasteiger partial charge is 0.338 e. The molecule has 0 aliphatic rings. The molecule has 0 bridgehead atoms. The SMILES string of the molecule is CCc1ccc(-c2noc(CN(C)CC(=O)Nc3cccc(F)c3)n2)cc1. The molecule has 7 heteroatoms. The van der Waals surface area contributed by atoms with Gasteiger partial charge in [-0.2, -0.15) is 4.98 Å². The molecule has 1 aromatic heterocycles. The van der Waals surface area contributed by atoms with Crippen LogP contribution in [0.1, 0.15) is 18.4 Å². The van der Waals surface area contributed by atoms with Gasteiger partial charge in [0.25, 0.3) is 0 Å². The summed E-state index contributed by atoms with van der Waals surface area (Å²) >= 11 is 0. The van der Waals surface area contributed by atoms with Gasteiger partial charge in [0.05, 0.1) is 13.1 Å². The van der Waals surface area contributed by atoms with Gasteiger partial charge in [0.15, 0.2) is 0 Å². The van der Waals surface area contributed by atoms with E-state index >= 15 is 0 Å². The Hall–Kier alpha value is -3.06. The van der Waals surface area contributed by atoms with Crippen LogP contribution in [0, 0.1) is 5.82 Å². The van der Waals surface area contributed by atoms with Crippen molar-refractivity contribution in [2.45, 2.75) is 19.9 Å². The number of nitrogens with one attached hydrogen (secondary N) is 1. The average Bonchev–Trinajstić information content (AvgIpc) is 3.10. The highest BCUT2D eigenvalue weighted by Gasteiger charge is 2.13. The van der Waals surface area contributed by atoms with Crippen LogP contribution in [0.5, 0.6) is 0 Å². The number of hydrogen-bond donors (Lipinski definition) is 1. The predicted molar refractivity (Wildman–Crippen MR) is 100 cm³/mol. The fourth-order valence-corrected chi connectivity index (χ4v) is 2.62. The number of likely N-dealkylation sites (N-methyl/N-ethyl adjacent to an activating group) is 1. The lowest BCUT2D eigenvalue weighted by molar-refractivity contribution is -0.117. The number of amides is 1. The maximum Gasteiger partial charge on any atom is 0.241 e. The molecule has 0 spiro atoms. The summed E-state index contributed by atoms with van der Waals surface area (Å²) in [4.78, 5) is 18.2. The molecule has 3 aromatic rings. The summed E-state index contributed by atoms with van der Waals surface area (Å²) in [6.45, 7) is 2.54. The van der Waals surface area contributed by atoms with Crippen LogP contribution < -0.4 is 5.32 Å². The highest BCUT2D eigenvalue weighted by Crippen LogP contribution is 2.17. The molecule has 1 heterocycles. The summed E-state index contributed by atoms with van der Waals surface area (Å²) in [6, 6.07) is 13.8. The Kier molecular flexibility index (Phi) is 5.93. The Morgan fingerprint density at radius 3 is 2.70 bits per heavy atom. The van der Waals surface area contributed by atoms with Crippen molar-refractivity contribution in [2.24, 2.45) is 0 Å². The van der Waals surface area contributed by atoms with Crippen LogP contribution >= 0.6 is 0 Å². The Bertz CT molecular complexity index is 908. The molecule has 1 amide bonds. The number of benzene rings is 2. The Morgan fingerprint density at radius 2 is 2.00 bits per heavy atom. The van der Waals surface area contributed by atoms with Crippen LogP contribution in [0.3, 0.4) is 0 Å². The quantitative estimate of drug-likeness (QED) is 0.691. The lowest BCUT2D eigenvalue weighted by Gasteiger charge is -2.13. The third kappa shape index (κ3) is 5.21. The van der Waals surface area contributed by atoms with E-state index < -0.39 is 5.82 Å². The van der Waals surface area contributed by atoms with Crippen LogP contribution in [-0.2, 0) is 17.8 Å². The number of aryl methyl sites for hydroxylation is 1. The zero-order valence-corrected chi connectivity index (χ0v) is 15.3. The predicted octanol–water partition coefficient (Wildman–Crippen LogP) is 3.51. The van der Waals surface area contributed by atoms with Crippen molar-refractivity contribution in [3.05, 3.63) is 65.8 Å². The normalized spacial score (nSPS) is 11.0. The minimum absolute atomic E-state index is 0.111. The van der Waals surface area contributed by atoms with Gasteiger partial charge in [0, 0.05) is 11.3 Å². The fourth-order valence-electron chi connectivity index (χ4n) is 2.62. The molecule has 0 unspecified atom stereocenters. The van der Waals surface area contributed by atoms with E-state index in [4.69, 9.17) is 4.52 Å². The molecule has 0 aliphatic carbocycles. The zero-order valence-electron chi connectivity index (χ0n) is 15.3. The first kappa shape index (κ1) is 18.7. The van der Waals surface area contributed by atoms with Crippen LogP contribution in [0.4, 0.5) is 10.1 Å². The van der Waals surface area contributed by atoms with Crippen molar-refractivity contribution >= 4 is 11.6 Å². The highest BCUT2D eigenvalue weighted by atomic mass is 19.1. The van der Waals surface area contributed by atoms with E-state index in [1.165, 1.54) is 17.7 Å². The number of anilines is 1. The fraction of sp³-hybridized carbons (Fsp3) is 0.250. The average molecular weight is 368 g/mol. The second-order valence-corrected chi connectivity index (χ2v) is 6.29. The lowest BCUT2D eigenvalue weighted by atomic mass is 10.1. The Morgan fingerprint density at radius 1 is 1.22 bits per heavy atom. The zero-order chi connectivity index (χ0) is 19.2. The molecule has 0 atom stereocenters. The van der Waals surface area contributed by atoms with Crippen LogP contribution in [0.15, 0.2) is 53.1 Å². The van der Waals surface area contributed by atoms with Crippen molar-refractivity contribution in [1.82, 2.24) is 15.0 Å². The first-order valence-corrected chi connectivity index (χ1v) is 8.69. The monoisotopic (exact) mass is 368 g/mol. The summed E-state index contributed by atoms with van der Waals surface area (Å²) < 4.78 is 18.4. The van der Waals surface area contributed by atoms with Crippen molar-refractivity contribution in [1.29, 1.82) is 0 Å². The van der Waals surface area contributed by atoms with E-state index in [-0.39, 0.29) is 12.5 Å². The van der Waals surface area contributed by atoms with Gasteiger partial charge in [-0.15, -0.1) is 0 Å². The van der Waals surface area contributed by atoms with Gasteiger partial charge in [0.1, 0.15) is 5.82 Å². The molecule has 0 radical (unpaired) electrons. The second-order valence-electron chi connectivity index (χ2n) is 6.29. The van der Waals surface area contributed by atoms with Gasteiger partial charge in [-0.1, -0.05) is 42.4 Å². The molecule has 0 saturated heterocycles. The molecule has 3 rings (SSSR count). The van der Waals surface area contributed by atoms with Gasteiger partial charge in [0.2, 0.25) is 17.6 Å². The summed E-state index contributed by atoms with van der Waals surface area (Å²) in [7, 11) is 1.77. The minimum Gasteiger partial charge on any atom is -0.338 e. The molecule has 0 aliphatic heterocycles. The van der Waals surface area contributed by atoms with E-state index in [0.717, 1.165) is 12.0 Å². The number of rotatable bonds is 7. The van der Waals surface area contributed by atoms with E-state index in [2.05, 4.69) is 22.4 Å². The third-order valence-electron chi connectivity index (χ3n) is 4.02. The molecule has 0 fully saturated rings. The summed E-state index contributed by atoms with van der Waals surface area (Å²) in [6.07, 6.45) is 0.972. The van der Waals surface area contributed by atoms with Gasteiger partial charge in [-0.25, -0.2) is 4.39 Å². The standard InChI is InChI=1S/C20H21FN4O2/c1-3-14-7-9-15(10-8-14)20-23-19(27-24-20)13-25(2)12-18(26)22-17-6-4-5-16(21)11-17/h4-11H,3,12-13H2,1-2H3,(H,22,26). The lowest BCUT2D eigenvalue weighted by Crippen LogP contribution is -2.29. The van der Waals surface area contributed by atoms with Gasteiger partial charge in [-0.05, 0) is 37.2 Å². The molecule has 6 nitrogen and oxygen atoms in total. The Balaban J connectivity index is 1.55. The number of hydrogen-bond acceptors (Lipinski definition) is 5. The minimum atomic E-state index is -0.397. The van der Waals surface area contributed by atoms with E-state index in [9.17, 15) is 9.18 Å². The first-order chi connectivity index (χ1) is 13.0. The molecule has 2 aromatic carbocycles. The summed E-state index contributed by atoms with van der Waals surface area (Å²) in [5, 5.41) is 6.65. The van der Waals surface area contributed by atoms with Crippen molar-refractivity contribution in [2.75, 3.05) is 18.9 Å². The third-order valence-corrected chi connectivity index (χ3v) is 4.02. The van der Waals surface area contributed by atoms with Crippen LogP contribution in [0.2, 0.25) is 0 Å². The number of nitrogens with zero attached hydrogens (tertiary/aromatic N) is 3. The number of halogens is 1. The van der Waals surface area contributed by atoms with Crippen molar-refractivity contribution < 1.29 is 13.7 Å². The first-order valence-electron chi connectivity index (χ1n) is 8.69. The number of carbonyl (C=O) groups is 1. The van der Waals surface area contributed by atoms with Crippen molar-refractivity contribution in [3.8, 4) is 11.4 Å². The second kappa shape index (κ2) is 8.55. The topological polar surface area (TPSA) is 71.3 Å². The van der Waals surface area contributed by atoms with Crippen LogP contribution in [0.25, 0.3) is 11.4 Å². The smallest absolute Gasteiger partial charge is 0.241 e. The van der Waals surface area contributed by atoms with Gasteiger partial charge in [-0.3, -0.25) is 9.69 Å². The molecule has 0 saturated carbocycles. The Labute approximate surface area is 157 Å². The molecular formula is C20H21FN4O2. The summed E-state index contributed by atoms with van der Waals surface area (Å²) in [5.41, 5.74) is 2.55.